The third-order valence-corrected chi connectivity index (χ3v) is 6.85. The number of hydrogen-bond donors (Lipinski definition) is 2. The van der Waals surface area contributed by atoms with Crippen molar-refractivity contribution in [1.82, 2.24) is 14.9 Å². The third kappa shape index (κ3) is 4.27. The van der Waals surface area contributed by atoms with Crippen molar-refractivity contribution in [2.24, 2.45) is 12.5 Å². The van der Waals surface area contributed by atoms with Crippen molar-refractivity contribution in [3.8, 4) is 0 Å². The third-order valence-electron chi connectivity index (χ3n) is 4.78. The highest BCUT2D eigenvalue weighted by molar-refractivity contribution is 7.99. The van der Waals surface area contributed by atoms with Crippen LogP contribution in [0.5, 0.6) is 0 Å². The first-order chi connectivity index (χ1) is 13.5. The minimum Gasteiger partial charge on any atom is -0.382 e. The molecule has 1 unspecified atom stereocenters. The van der Waals surface area contributed by atoms with Crippen molar-refractivity contribution in [1.29, 1.82) is 0 Å². The van der Waals surface area contributed by atoms with Gasteiger partial charge in [0.05, 0.1) is 10.0 Å². The SMILES string of the molecule is [2H]N1CCN(c2nc(N)c(Sc3cccc(Cl)c3Cl)c(=O)n2C)CC1C(C)(C)C. The zero-order chi connectivity index (χ0) is 21.5. The molecule has 2 heterocycles. The lowest BCUT2D eigenvalue weighted by atomic mass is 9.85. The molecule has 0 radical (unpaired) electrons. The number of nitrogens with zero attached hydrogens (tertiary/aromatic N) is 3. The Balaban J connectivity index is 1.95. The molecule has 1 aliphatic heterocycles. The zero-order valence-electron chi connectivity index (χ0n) is 17.4. The van der Waals surface area contributed by atoms with E-state index in [1.165, 1.54) is 4.57 Å². The Bertz CT molecular complexity index is 978. The van der Waals surface area contributed by atoms with Crippen molar-refractivity contribution >= 4 is 46.7 Å². The van der Waals surface area contributed by atoms with Crippen LogP contribution >= 0.6 is 35.0 Å². The van der Waals surface area contributed by atoms with E-state index in [2.05, 4.69) is 25.8 Å². The summed E-state index contributed by atoms with van der Waals surface area (Å²) in [5.74, 6) is 0.668. The number of anilines is 2. The fraction of sp³-hybridized carbons (Fsp3) is 0.474. The zero-order valence-corrected chi connectivity index (χ0v) is 18.7. The van der Waals surface area contributed by atoms with Crippen molar-refractivity contribution in [3.63, 3.8) is 0 Å². The Morgan fingerprint density at radius 1 is 1.39 bits per heavy atom. The van der Waals surface area contributed by atoms with E-state index < -0.39 is 0 Å². The number of nitrogen functional groups attached to an aromatic ring is 1. The van der Waals surface area contributed by atoms with Gasteiger partial charge in [0.25, 0.3) is 5.56 Å². The first-order valence-corrected chi connectivity index (χ1v) is 10.6. The van der Waals surface area contributed by atoms with Gasteiger partial charge in [-0.25, -0.2) is 0 Å². The molecule has 9 heteroatoms. The van der Waals surface area contributed by atoms with Crippen LogP contribution in [-0.2, 0) is 7.05 Å². The number of aromatic nitrogens is 2. The van der Waals surface area contributed by atoms with Crippen LogP contribution in [0.1, 0.15) is 20.8 Å². The van der Waals surface area contributed by atoms with E-state index in [0.717, 1.165) is 11.8 Å². The Labute approximate surface area is 180 Å². The van der Waals surface area contributed by atoms with Crippen LogP contribution in [0.15, 0.2) is 32.8 Å². The smallest absolute Gasteiger partial charge is 0.270 e. The number of hydrogen-bond acceptors (Lipinski definition) is 6. The van der Waals surface area contributed by atoms with E-state index in [0.29, 0.717) is 45.4 Å². The molecule has 0 aliphatic carbocycles. The van der Waals surface area contributed by atoms with Gasteiger partial charge in [-0.2, -0.15) is 4.98 Å². The molecule has 3 rings (SSSR count). The van der Waals surface area contributed by atoms with Crippen LogP contribution in [0.4, 0.5) is 11.8 Å². The second-order valence-corrected chi connectivity index (χ2v) is 9.72. The Kier molecular flexibility index (Phi) is 5.78. The molecule has 1 aromatic heterocycles. The molecule has 152 valence electrons. The van der Waals surface area contributed by atoms with Crippen LogP contribution in [0.2, 0.25) is 11.5 Å². The van der Waals surface area contributed by atoms with Gasteiger partial charge in [0, 0.05) is 37.6 Å². The molecule has 1 aromatic carbocycles. The van der Waals surface area contributed by atoms with E-state index in [1.54, 1.807) is 30.6 Å². The minimum absolute atomic E-state index is 0.00805. The fourth-order valence-electron chi connectivity index (χ4n) is 3.06. The van der Waals surface area contributed by atoms with Crippen LogP contribution in [0.25, 0.3) is 0 Å². The number of nitrogens with two attached hydrogens (primary N) is 1. The minimum atomic E-state index is -0.242. The fourth-order valence-corrected chi connectivity index (χ4v) is 4.47. The summed E-state index contributed by atoms with van der Waals surface area (Å²) in [5.41, 5.74) is 5.87. The van der Waals surface area contributed by atoms with Gasteiger partial charge in [0.2, 0.25) is 5.95 Å². The molecule has 1 fully saturated rings. The Hall–Kier alpha value is -1.41. The summed E-state index contributed by atoms with van der Waals surface area (Å²) in [6.07, 6.45) is 0. The van der Waals surface area contributed by atoms with E-state index in [1.807, 2.05) is 4.90 Å². The summed E-state index contributed by atoms with van der Waals surface area (Å²) in [7, 11) is 1.69. The van der Waals surface area contributed by atoms with Gasteiger partial charge >= 0.3 is 0 Å². The lowest BCUT2D eigenvalue weighted by Crippen LogP contribution is -2.57. The molecule has 3 N–H and O–H groups in total. The first-order valence-electron chi connectivity index (χ1n) is 9.44. The van der Waals surface area contributed by atoms with Gasteiger partial charge in [-0.1, -0.05) is 61.8 Å². The summed E-state index contributed by atoms with van der Waals surface area (Å²) in [5, 5.41) is 2.41. The van der Waals surface area contributed by atoms with Gasteiger partial charge in [-0.05, 0) is 17.5 Å². The average Bonchev–Trinajstić information content (AvgIpc) is 2.64. The highest BCUT2D eigenvalue weighted by Crippen LogP contribution is 2.37. The van der Waals surface area contributed by atoms with Gasteiger partial charge in [-0.15, -0.1) is 0 Å². The van der Waals surface area contributed by atoms with Crippen molar-refractivity contribution in [2.75, 3.05) is 30.3 Å². The van der Waals surface area contributed by atoms with Crippen LogP contribution in [0, 0.1) is 5.41 Å². The molecule has 0 saturated carbocycles. The molecular formula is C19H25Cl2N5OS. The van der Waals surface area contributed by atoms with Crippen molar-refractivity contribution in [2.45, 2.75) is 36.6 Å². The summed E-state index contributed by atoms with van der Waals surface area (Å²) < 4.78 is 9.75. The van der Waals surface area contributed by atoms with E-state index in [9.17, 15) is 4.79 Å². The maximum absolute atomic E-state index is 13.1. The highest BCUT2D eigenvalue weighted by atomic mass is 35.5. The maximum atomic E-state index is 13.1. The van der Waals surface area contributed by atoms with Crippen LogP contribution < -0.4 is 21.5 Å². The van der Waals surface area contributed by atoms with Crippen molar-refractivity contribution in [3.05, 3.63) is 38.6 Å². The quantitative estimate of drug-likeness (QED) is 0.755. The van der Waals surface area contributed by atoms with Gasteiger partial charge < -0.3 is 15.9 Å². The average molecular weight is 443 g/mol. The van der Waals surface area contributed by atoms with E-state index in [4.69, 9.17) is 30.3 Å². The predicted molar refractivity (Wildman–Crippen MR) is 118 cm³/mol. The number of nitrogens with one attached hydrogen (secondary N) is 1. The van der Waals surface area contributed by atoms with Crippen LogP contribution in [0.3, 0.4) is 0 Å². The normalized spacial score (nSPS) is 19.0. The van der Waals surface area contributed by atoms with E-state index in [-0.39, 0.29) is 22.8 Å². The molecule has 0 amide bonds. The Morgan fingerprint density at radius 3 is 2.79 bits per heavy atom. The monoisotopic (exact) mass is 442 g/mol. The summed E-state index contributed by atoms with van der Waals surface area (Å²) >= 11 is 13.5. The second-order valence-electron chi connectivity index (χ2n) is 7.88. The van der Waals surface area contributed by atoms with Gasteiger partial charge in [0.1, 0.15) is 12.1 Å². The lowest BCUT2D eigenvalue weighted by molar-refractivity contribution is 0.252. The molecule has 2 aromatic rings. The van der Waals surface area contributed by atoms with Crippen molar-refractivity contribution < 1.29 is 1.41 Å². The largest absolute Gasteiger partial charge is 0.382 e. The standard InChI is InChI=1S/C19H25Cl2N5OS/c1-19(2,3)13-10-26(9-8-23-13)18-24-16(22)15(17(27)25(18)4)28-12-7-5-6-11(20)14(12)21/h5-7,13,23H,8-10,22H2,1-4H3/i/hD. The molecular weight excluding hydrogens is 417 g/mol. The first kappa shape index (κ1) is 19.9. The number of piperazine rings is 1. The number of rotatable bonds is 3. The highest BCUT2D eigenvalue weighted by Gasteiger charge is 2.31. The molecule has 0 spiro atoms. The molecule has 1 aliphatic rings. The number of halogens is 2. The summed E-state index contributed by atoms with van der Waals surface area (Å²) in [4.78, 5) is 20.6. The van der Waals surface area contributed by atoms with E-state index >= 15 is 0 Å². The van der Waals surface area contributed by atoms with Gasteiger partial charge in [0.15, 0.2) is 0 Å². The molecule has 0 bridgehead atoms. The summed E-state index contributed by atoms with van der Waals surface area (Å²) in [6.45, 7) is 8.09. The Morgan fingerprint density at radius 2 is 2.11 bits per heavy atom. The van der Waals surface area contributed by atoms with Gasteiger partial charge in [-0.3, -0.25) is 9.36 Å². The number of benzene rings is 1. The summed E-state index contributed by atoms with van der Waals surface area (Å²) in [6, 6.07) is 5.25. The second kappa shape index (κ2) is 8.14. The topological polar surface area (TPSA) is 76.2 Å². The maximum Gasteiger partial charge on any atom is 0.270 e. The molecule has 1 saturated heterocycles. The molecule has 28 heavy (non-hydrogen) atoms. The van der Waals surface area contributed by atoms with Crippen LogP contribution in [-0.4, -0.2) is 35.2 Å². The molecule has 6 nitrogen and oxygen atoms in total. The molecule has 1 atom stereocenters. The lowest BCUT2D eigenvalue weighted by Gasteiger charge is -2.41. The predicted octanol–water partition coefficient (Wildman–Crippen LogP) is 3.64.